The van der Waals surface area contributed by atoms with Gasteiger partial charge in [-0.05, 0) is 60.7 Å². The van der Waals surface area contributed by atoms with Crippen molar-refractivity contribution in [3.63, 3.8) is 0 Å². The first-order valence-electron chi connectivity index (χ1n) is 11.5. The van der Waals surface area contributed by atoms with Gasteiger partial charge in [-0.25, -0.2) is 0 Å². The molecular formula is C27H33NO6. The van der Waals surface area contributed by atoms with E-state index in [1.165, 1.54) is 4.90 Å². The Morgan fingerprint density at radius 3 is 2.41 bits per heavy atom. The number of Topliss-reactive ketones (excluding diaryl/α,β-unsaturated/α-hetero) is 1. The Kier molecular flexibility index (Phi) is 8.71. The lowest BCUT2D eigenvalue weighted by Gasteiger charge is -2.25. The predicted molar refractivity (Wildman–Crippen MR) is 130 cm³/mol. The third-order valence-corrected chi connectivity index (χ3v) is 5.79. The monoisotopic (exact) mass is 467 g/mol. The van der Waals surface area contributed by atoms with Gasteiger partial charge in [-0.2, -0.15) is 0 Å². The maximum Gasteiger partial charge on any atom is 0.295 e. The number of amides is 1. The third kappa shape index (κ3) is 5.78. The smallest absolute Gasteiger partial charge is 0.295 e. The number of likely N-dealkylation sites (tertiary alicyclic amines) is 1. The minimum Gasteiger partial charge on any atom is -0.507 e. The molecule has 1 aliphatic heterocycles. The second-order valence-corrected chi connectivity index (χ2v) is 8.67. The zero-order chi connectivity index (χ0) is 24.7. The summed E-state index contributed by atoms with van der Waals surface area (Å²) in [5.41, 5.74) is 1.20. The molecule has 1 N–H and O–H groups in total. The second kappa shape index (κ2) is 11.7. The summed E-state index contributed by atoms with van der Waals surface area (Å²) in [6.07, 6.45) is 1.48. The van der Waals surface area contributed by atoms with Crippen LogP contribution in [-0.4, -0.2) is 55.7 Å². The van der Waals surface area contributed by atoms with E-state index in [-0.39, 0.29) is 11.3 Å². The van der Waals surface area contributed by atoms with Gasteiger partial charge >= 0.3 is 0 Å². The van der Waals surface area contributed by atoms with Crippen molar-refractivity contribution in [2.45, 2.75) is 32.7 Å². The zero-order valence-electron chi connectivity index (χ0n) is 20.2. The number of ketones is 1. The van der Waals surface area contributed by atoms with Crippen LogP contribution in [0.2, 0.25) is 0 Å². The highest BCUT2D eigenvalue weighted by Gasteiger charge is 2.45. The van der Waals surface area contributed by atoms with Gasteiger partial charge in [-0.15, -0.1) is 0 Å². The van der Waals surface area contributed by atoms with Gasteiger partial charge in [-0.3, -0.25) is 9.59 Å². The highest BCUT2D eigenvalue weighted by atomic mass is 16.5. The topological polar surface area (TPSA) is 85.3 Å². The highest BCUT2D eigenvalue weighted by Crippen LogP contribution is 2.40. The number of rotatable bonds is 11. The largest absolute Gasteiger partial charge is 0.507 e. The number of nitrogens with zero attached hydrogens (tertiary/aromatic N) is 1. The molecule has 0 aromatic heterocycles. The lowest BCUT2D eigenvalue weighted by Crippen LogP contribution is -2.31. The van der Waals surface area contributed by atoms with Crippen molar-refractivity contribution in [1.82, 2.24) is 4.90 Å². The van der Waals surface area contributed by atoms with Crippen molar-refractivity contribution in [3.05, 3.63) is 65.2 Å². The average Bonchev–Trinajstić information content (AvgIpc) is 3.09. The van der Waals surface area contributed by atoms with E-state index in [0.29, 0.717) is 54.7 Å². The third-order valence-electron chi connectivity index (χ3n) is 5.79. The van der Waals surface area contributed by atoms with E-state index in [0.717, 1.165) is 6.42 Å². The zero-order valence-corrected chi connectivity index (χ0v) is 20.2. The Balaban J connectivity index is 2.03. The number of aliphatic hydroxyl groups excluding tert-OH is 1. The highest BCUT2D eigenvalue weighted by molar-refractivity contribution is 6.46. The summed E-state index contributed by atoms with van der Waals surface area (Å²) in [6.45, 7) is 5.60. The first kappa shape index (κ1) is 25.3. The number of hydrogen-bond acceptors (Lipinski definition) is 6. The molecule has 1 heterocycles. The number of hydrogen-bond donors (Lipinski definition) is 1. The van der Waals surface area contributed by atoms with Crippen molar-refractivity contribution < 1.29 is 28.9 Å². The van der Waals surface area contributed by atoms with Crippen LogP contribution in [0.3, 0.4) is 0 Å². The summed E-state index contributed by atoms with van der Waals surface area (Å²) in [5.74, 6) is 0.237. The van der Waals surface area contributed by atoms with Crippen LogP contribution >= 0.6 is 0 Å². The fraction of sp³-hybridized carbons (Fsp3) is 0.407. The molecule has 7 heteroatoms. The second-order valence-electron chi connectivity index (χ2n) is 8.67. The standard InChI is InChI=1S/C27H33NO6/c1-18(2)13-16-34-22-8-5-7-20(17-22)24-23(25(29)19-9-11-21(33-4)12-10-19)26(30)27(31)28(24)14-6-15-32-3/h5,7-12,17-18,24,29H,6,13-16H2,1-4H3. The van der Waals surface area contributed by atoms with Gasteiger partial charge < -0.3 is 24.2 Å². The molecule has 0 radical (unpaired) electrons. The number of ether oxygens (including phenoxy) is 3. The molecule has 0 aliphatic carbocycles. The quantitative estimate of drug-likeness (QED) is 0.225. The number of carbonyl (C=O) groups is 2. The van der Waals surface area contributed by atoms with Crippen LogP contribution in [0.15, 0.2) is 54.1 Å². The molecule has 0 bridgehead atoms. The Hall–Kier alpha value is -3.32. The summed E-state index contributed by atoms with van der Waals surface area (Å²) < 4.78 is 16.2. The minimum absolute atomic E-state index is 0.0620. The minimum atomic E-state index is -0.729. The fourth-order valence-corrected chi connectivity index (χ4v) is 3.93. The molecule has 1 fully saturated rings. The number of benzene rings is 2. The lowest BCUT2D eigenvalue weighted by molar-refractivity contribution is -0.140. The van der Waals surface area contributed by atoms with Crippen LogP contribution in [0.4, 0.5) is 0 Å². The van der Waals surface area contributed by atoms with E-state index in [1.54, 1.807) is 38.5 Å². The summed E-state index contributed by atoms with van der Waals surface area (Å²) in [4.78, 5) is 27.6. The van der Waals surface area contributed by atoms with Crippen LogP contribution in [0.25, 0.3) is 5.76 Å². The molecule has 34 heavy (non-hydrogen) atoms. The van der Waals surface area contributed by atoms with Gasteiger partial charge in [0.05, 0.1) is 25.3 Å². The van der Waals surface area contributed by atoms with Crippen molar-refractivity contribution >= 4 is 17.4 Å². The van der Waals surface area contributed by atoms with Gasteiger partial charge in [0, 0.05) is 25.8 Å². The Bertz CT molecular complexity index is 1030. The number of carbonyl (C=O) groups excluding carboxylic acids is 2. The van der Waals surface area contributed by atoms with E-state index in [1.807, 2.05) is 24.3 Å². The van der Waals surface area contributed by atoms with E-state index in [9.17, 15) is 14.7 Å². The van der Waals surface area contributed by atoms with Crippen molar-refractivity contribution in [1.29, 1.82) is 0 Å². The molecule has 0 spiro atoms. The summed E-state index contributed by atoms with van der Waals surface area (Å²) in [5, 5.41) is 11.1. The van der Waals surface area contributed by atoms with E-state index < -0.39 is 17.7 Å². The van der Waals surface area contributed by atoms with Crippen molar-refractivity contribution in [2.75, 3.05) is 34.0 Å². The molecule has 182 valence electrons. The molecule has 3 rings (SSSR count). The molecule has 2 aromatic carbocycles. The first-order chi connectivity index (χ1) is 16.4. The molecule has 7 nitrogen and oxygen atoms in total. The summed E-state index contributed by atoms with van der Waals surface area (Å²) in [6, 6.07) is 13.4. The summed E-state index contributed by atoms with van der Waals surface area (Å²) in [7, 11) is 3.14. The molecular weight excluding hydrogens is 434 g/mol. The van der Waals surface area contributed by atoms with Crippen LogP contribution in [0, 0.1) is 5.92 Å². The Morgan fingerprint density at radius 1 is 1.03 bits per heavy atom. The van der Waals surface area contributed by atoms with E-state index >= 15 is 0 Å². The van der Waals surface area contributed by atoms with Gasteiger partial charge in [0.15, 0.2) is 0 Å². The van der Waals surface area contributed by atoms with Crippen molar-refractivity contribution in [2.24, 2.45) is 5.92 Å². The molecule has 1 unspecified atom stereocenters. The normalized spacial score (nSPS) is 17.4. The van der Waals surface area contributed by atoms with E-state index in [2.05, 4.69) is 13.8 Å². The maximum atomic E-state index is 13.1. The lowest BCUT2D eigenvalue weighted by atomic mass is 9.95. The Labute approximate surface area is 200 Å². The first-order valence-corrected chi connectivity index (χ1v) is 11.5. The molecule has 1 aliphatic rings. The van der Waals surface area contributed by atoms with Gasteiger partial charge in [0.25, 0.3) is 11.7 Å². The summed E-state index contributed by atoms with van der Waals surface area (Å²) >= 11 is 0. The van der Waals surface area contributed by atoms with Crippen LogP contribution in [-0.2, 0) is 14.3 Å². The van der Waals surface area contributed by atoms with Gasteiger partial charge in [-0.1, -0.05) is 26.0 Å². The molecule has 1 amide bonds. The van der Waals surface area contributed by atoms with Gasteiger partial charge in [0.1, 0.15) is 17.3 Å². The fourth-order valence-electron chi connectivity index (χ4n) is 3.93. The number of aliphatic hydroxyl groups is 1. The van der Waals surface area contributed by atoms with Crippen LogP contribution < -0.4 is 9.47 Å². The van der Waals surface area contributed by atoms with E-state index in [4.69, 9.17) is 14.2 Å². The van der Waals surface area contributed by atoms with Crippen LogP contribution in [0.5, 0.6) is 11.5 Å². The number of methoxy groups -OCH3 is 2. The molecule has 0 saturated carbocycles. The average molecular weight is 468 g/mol. The molecule has 2 aromatic rings. The SMILES string of the molecule is COCCCN1C(=O)C(=O)C(=C(O)c2ccc(OC)cc2)C1c1cccc(OCCC(C)C)c1. The molecule has 1 atom stereocenters. The molecule has 1 saturated heterocycles. The maximum absolute atomic E-state index is 13.1. The predicted octanol–water partition coefficient (Wildman–Crippen LogP) is 4.58. The van der Waals surface area contributed by atoms with Crippen LogP contribution in [0.1, 0.15) is 43.9 Å². The van der Waals surface area contributed by atoms with Crippen molar-refractivity contribution in [3.8, 4) is 11.5 Å². The van der Waals surface area contributed by atoms with Gasteiger partial charge in [0.2, 0.25) is 0 Å². The Morgan fingerprint density at radius 2 is 1.76 bits per heavy atom.